The van der Waals surface area contributed by atoms with Crippen LogP contribution in [0.25, 0.3) is 6.08 Å². The van der Waals surface area contributed by atoms with E-state index in [1.165, 1.54) is 12.8 Å². The van der Waals surface area contributed by atoms with Crippen LogP contribution >= 0.6 is 0 Å². The van der Waals surface area contributed by atoms with E-state index in [4.69, 9.17) is 9.15 Å². The van der Waals surface area contributed by atoms with Gasteiger partial charge in [0.25, 0.3) is 0 Å². The third-order valence-corrected chi connectivity index (χ3v) is 2.51. The molecule has 1 aliphatic rings. The SMILES string of the molecule is C(=Cc1ccco1)CNC1CCCOC1. The van der Waals surface area contributed by atoms with E-state index in [0.717, 1.165) is 25.5 Å². The quantitative estimate of drug-likeness (QED) is 0.820. The summed E-state index contributed by atoms with van der Waals surface area (Å²) < 4.78 is 10.6. The molecule has 1 fully saturated rings. The zero-order valence-electron chi connectivity index (χ0n) is 8.82. The van der Waals surface area contributed by atoms with E-state index in [-0.39, 0.29) is 0 Å². The van der Waals surface area contributed by atoms with Gasteiger partial charge in [0, 0.05) is 19.2 Å². The lowest BCUT2D eigenvalue weighted by molar-refractivity contribution is 0.0717. The maximum atomic E-state index is 5.38. The normalized spacial score (nSPS) is 22.3. The van der Waals surface area contributed by atoms with Crippen LogP contribution in [0.15, 0.2) is 28.9 Å². The molecule has 1 aromatic rings. The number of hydrogen-bond acceptors (Lipinski definition) is 3. The van der Waals surface area contributed by atoms with Crippen LogP contribution in [0.4, 0.5) is 0 Å². The van der Waals surface area contributed by atoms with Crippen molar-refractivity contribution in [2.24, 2.45) is 0 Å². The summed E-state index contributed by atoms with van der Waals surface area (Å²) in [4.78, 5) is 0. The molecular weight excluding hydrogens is 190 g/mol. The molecule has 1 aromatic heterocycles. The fourth-order valence-corrected chi connectivity index (χ4v) is 1.70. The number of ether oxygens (including phenoxy) is 1. The van der Waals surface area contributed by atoms with Crippen LogP contribution < -0.4 is 5.32 Å². The minimum atomic E-state index is 0.514. The summed E-state index contributed by atoms with van der Waals surface area (Å²) in [6.45, 7) is 2.63. The van der Waals surface area contributed by atoms with Gasteiger partial charge >= 0.3 is 0 Å². The highest BCUT2D eigenvalue weighted by molar-refractivity contribution is 5.42. The molecule has 0 amide bonds. The molecule has 1 saturated heterocycles. The van der Waals surface area contributed by atoms with Crippen molar-refractivity contribution < 1.29 is 9.15 Å². The van der Waals surface area contributed by atoms with Crippen LogP contribution in [0.1, 0.15) is 18.6 Å². The average molecular weight is 207 g/mol. The molecule has 1 atom stereocenters. The van der Waals surface area contributed by atoms with Gasteiger partial charge in [0.05, 0.1) is 12.9 Å². The Kier molecular flexibility index (Phi) is 4.00. The Hall–Kier alpha value is -1.06. The van der Waals surface area contributed by atoms with Gasteiger partial charge in [-0.15, -0.1) is 0 Å². The van der Waals surface area contributed by atoms with Crippen LogP contribution in [0.2, 0.25) is 0 Å². The summed E-state index contributed by atoms with van der Waals surface area (Å²) in [5, 5.41) is 3.43. The first-order valence-corrected chi connectivity index (χ1v) is 5.46. The molecule has 82 valence electrons. The molecule has 2 rings (SSSR count). The molecule has 3 nitrogen and oxygen atoms in total. The fourth-order valence-electron chi connectivity index (χ4n) is 1.70. The van der Waals surface area contributed by atoms with Gasteiger partial charge in [-0.3, -0.25) is 0 Å². The second kappa shape index (κ2) is 5.73. The number of furan rings is 1. The predicted molar refractivity (Wildman–Crippen MR) is 59.6 cm³/mol. The van der Waals surface area contributed by atoms with Crippen molar-refractivity contribution in [2.45, 2.75) is 18.9 Å². The van der Waals surface area contributed by atoms with E-state index in [1.807, 2.05) is 18.2 Å². The van der Waals surface area contributed by atoms with Crippen molar-refractivity contribution in [3.63, 3.8) is 0 Å². The molecule has 0 bridgehead atoms. The average Bonchev–Trinajstić information content (AvgIpc) is 2.79. The Morgan fingerprint density at radius 1 is 1.53 bits per heavy atom. The summed E-state index contributed by atoms with van der Waals surface area (Å²) in [7, 11) is 0. The molecule has 0 aliphatic carbocycles. The third kappa shape index (κ3) is 3.53. The van der Waals surface area contributed by atoms with Crippen LogP contribution in [0, 0.1) is 0 Å². The molecule has 2 heterocycles. The molecule has 0 aromatic carbocycles. The molecule has 0 radical (unpaired) electrons. The van der Waals surface area contributed by atoms with Gasteiger partial charge in [-0.05, 0) is 31.1 Å². The molecule has 3 heteroatoms. The van der Waals surface area contributed by atoms with Crippen LogP contribution in [0.5, 0.6) is 0 Å². The summed E-state index contributed by atoms with van der Waals surface area (Å²) in [6.07, 6.45) is 8.13. The van der Waals surface area contributed by atoms with E-state index in [1.54, 1.807) is 6.26 Å². The van der Waals surface area contributed by atoms with Crippen molar-refractivity contribution in [3.8, 4) is 0 Å². The van der Waals surface area contributed by atoms with Crippen LogP contribution in [-0.2, 0) is 4.74 Å². The largest absolute Gasteiger partial charge is 0.465 e. The van der Waals surface area contributed by atoms with Gasteiger partial charge in [0.15, 0.2) is 0 Å². The van der Waals surface area contributed by atoms with Gasteiger partial charge in [0.1, 0.15) is 5.76 Å². The van der Waals surface area contributed by atoms with Crippen LogP contribution in [-0.4, -0.2) is 25.8 Å². The summed E-state index contributed by atoms with van der Waals surface area (Å²) >= 11 is 0. The molecule has 1 unspecified atom stereocenters. The highest BCUT2D eigenvalue weighted by Crippen LogP contribution is 2.05. The van der Waals surface area contributed by atoms with Gasteiger partial charge < -0.3 is 14.5 Å². The predicted octanol–water partition coefficient (Wildman–Crippen LogP) is 2.06. The Balaban J connectivity index is 1.65. The minimum absolute atomic E-state index is 0.514. The van der Waals surface area contributed by atoms with Crippen LogP contribution in [0.3, 0.4) is 0 Å². The van der Waals surface area contributed by atoms with E-state index in [2.05, 4.69) is 11.4 Å². The van der Waals surface area contributed by atoms with Crippen molar-refractivity contribution in [3.05, 3.63) is 30.2 Å². The number of rotatable bonds is 4. The molecule has 15 heavy (non-hydrogen) atoms. The molecular formula is C12H17NO2. The molecule has 1 aliphatic heterocycles. The Labute approximate surface area is 90.1 Å². The summed E-state index contributed by atoms with van der Waals surface area (Å²) in [5.74, 6) is 0.900. The first-order valence-electron chi connectivity index (χ1n) is 5.46. The van der Waals surface area contributed by atoms with Crippen molar-refractivity contribution in [1.29, 1.82) is 0 Å². The van der Waals surface area contributed by atoms with Gasteiger partial charge in [-0.1, -0.05) is 6.08 Å². The maximum absolute atomic E-state index is 5.38. The lowest BCUT2D eigenvalue weighted by Gasteiger charge is -2.22. The van der Waals surface area contributed by atoms with Crippen molar-refractivity contribution in [2.75, 3.05) is 19.8 Å². The molecule has 1 N–H and O–H groups in total. The Morgan fingerprint density at radius 2 is 2.53 bits per heavy atom. The first kappa shape index (κ1) is 10.5. The topological polar surface area (TPSA) is 34.4 Å². The van der Waals surface area contributed by atoms with Crippen molar-refractivity contribution in [1.82, 2.24) is 5.32 Å². The van der Waals surface area contributed by atoms with Gasteiger partial charge in [-0.25, -0.2) is 0 Å². The highest BCUT2D eigenvalue weighted by Gasteiger charge is 2.11. The lowest BCUT2D eigenvalue weighted by Crippen LogP contribution is -2.36. The van der Waals surface area contributed by atoms with Gasteiger partial charge in [-0.2, -0.15) is 0 Å². The van der Waals surface area contributed by atoms with E-state index in [9.17, 15) is 0 Å². The Bertz CT molecular complexity index is 287. The number of nitrogens with one attached hydrogen (secondary N) is 1. The maximum Gasteiger partial charge on any atom is 0.126 e. The lowest BCUT2D eigenvalue weighted by atomic mass is 10.1. The summed E-state index contributed by atoms with van der Waals surface area (Å²) in [6, 6.07) is 4.35. The first-order chi connectivity index (χ1) is 7.45. The third-order valence-electron chi connectivity index (χ3n) is 2.51. The standard InChI is InChI=1S/C12H17NO2/c1(5-12-6-3-9-15-12)7-13-11-4-2-8-14-10-11/h1,3,5-6,9,11,13H,2,4,7-8,10H2. The zero-order chi connectivity index (χ0) is 10.3. The Morgan fingerprint density at radius 3 is 3.27 bits per heavy atom. The second-order valence-corrected chi connectivity index (χ2v) is 3.74. The van der Waals surface area contributed by atoms with E-state index in [0.29, 0.717) is 6.04 Å². The molecule has 0 saturated carbocycles. The highest BCUT2D eigenvalue weighted by atomic mass is 16.5. The van der Waals surface area contributed by atoms with E-state index < -0.39 is 0 Å². The number of hydrogen-bond donors (Lipinski definition) is 1. The minimum Gasteiger partial charge on any atom is -0.465 e. The van der Waals surface area contributed by atoms with Crippen molar-refractivity contribution >= 4 is 6.08 Å². The fraction of sp³-hybridized carbons (Fsp3) is 0.500. The monoisotopic (exact) mass is 207 g/mol. The second-order valence-electron chi connectivity index (χ2n) is 3.74. The summed E-state index contributed by atoms with van der Waals surface area (Å²) in [5.41, 5.74) is 0. The zero-order valence-corrected chi connectivity index (χ0v) is 8.82. The van der Waals surface area contributed by atoms with E-state index >= 15 is 0 Å². The molecule has 0 spiro atoms. The van der Waals surface area contributed by atoms with Gasteiger partial charge in [0.2, 0.25) is 0 Å². The smallest absolute Gasteiger partial charge is 0.126 e.